The van der Waals surface area contributed by atoms with Gasteiger partial charge in [-0.2, -0.15) is 0 Å². The molecule has 0 aliphatic carbocycles. The number of unbranched alkanes of at least 4 members (excludes halogenated alkanes) is 56. The summed E-state index contributed by atoms with van der Waals surface area (Å²) in [5, 5.41) is 10.7. The maximum Gasteiger partial charge on any atom is 0.472 e. The highest BCUT2D eigenvalue weighted by atomic mass is 31.2. The van der Waals surface area contributed by atoms with Crippen molar-refractivity contribution in [1.29, 1.82) is 0 Å². The van der Waals surface area contributed by atoms with Crippen LogP contribution in [-0.4, -0.2) is 96.7 Å². The molecule has 0 amide bonds. The molecular formula is C87H170O17P2. The summed E-state index contributed by atoms with van der Waals surface area (Å²) in [5.41, 5.74) is 0. The molecule has 0 aliphatic heterocycles. The van der Waals surface area contributed by atoms with Gasteiger partial charge in [-0.05, 0) is 37.5 Å². The number of aliphatic hydroxyl groups excluding tert-OH is 1. The maximum atomic E-state index is 13.2. The van der Waals surface area contributed by atoms with Gasteiger partial charge in [0.15, 0.2) is 12.2 Å². The molecule has 17 nitrogen and oxygen atoms in total. The van der Waals surface area contributed by atoms with Gasteiger partial charge in [0.25, 0.3) is 0 Å². The van der Waals surface area contributed by atoms with Crippen molar-refractivity contribution < 1.29 is 80.2 Å². The minimum atomic E-state index is -4.97. The first kappa shape index (κ1) is 104. The van der Waals surface area contributed by atoms with Crippen LogP contribution in [0.25, 0.3) is 0 Å². The predicted octanol–water partition coefficient (Wildman–Crippen LogP) is 26.6. The summed E-state index contributed by atoms with van der Waals surface area (Å²) in [4.78, 5) is 73.3. The largest absolute Gasteiger partial charge is 0.472 e. The van der Waals surface area contributed by atoms with Crippen molar-refractivity contribution >= 4 is 39.5 Å². The number of aliphatic hydroxyl groups is 1. The van der Waals surface area contributed by atoms with Gasteiger partial charge in [0.1, 0.15) is 19.3 Å². The van der Waals surface area contributed by atoms with E-state index in [1.54, 1.807) is 0 Å². The van der Waals surface area contributed by atoms with E-state index in [9.17, 15) is 43.2 Å². The molecule has 0 bridgehead atoms. The summed E-state index contributed by atoms with van der Waals surface area (Å²) in [6.07, 6.45) is 70.7. The highest BCUT2D eigenvalue weighted by molar-refractivity contribution is 7.47. The average Bonchev–Trinajstić information content (AvgIpc) is 0.907. The maximum absolute atomic E-state index is 13.2. The fraction of sp³-hybridized carbons (Fsp3) is 0.954. The number of carbonyl (C=O) groups excluding carboxylic acids is 4. The average molecular weight is 1550 g/mol. The van der Waals surface area contributed by atoms with Gasteiger partial charge in [-0.15, -0.1) is 0 Å². The zero-order chi connectivity index (χ0) is 77.8. The van der Waals surface area contributed by atoms with Crippen LogP contribution in [0.2, 0.25) is 0 Å². The lowest BCUT2D eigenvalue weighted by atomic mass is 10.0. The van der Waals surface area contributed by atoms with Gasteiger partial charge < -0.3 is 33.8 Å². The van der Waals surface area contributed by atoms with Gasteiger partial charge in [-0.1, -0.05) is 414 Å². The Morgan fingerprint density at radius 1 is 0.255 bits per heavy atom. The highest BCUT2D eigenvalue weighted by Crippen LogP contribution is 2.45. The van der Waals surface area contributed by atoms with Crippen LogP contribution in [0.1, 0.15) is 465 Å². The molecule has 0 aromatic rings. The van der Waals surface area contributed by atoms with Gasteiger partial charge in [-0.3, -0.25) is 37.3 Å². The molecule has 0 rings (SSSR count). The Bertz CT molecular complexity index is 2030. The van der Waals surface area contributed by atoms with Gasteiger partial charge in [-0.25, -0.2) is 9.13 Å². The lowest BCUT2D eigenvalue weighted by Gasteiger charge is -2.21. The summed E-state index contributed by atoms with van der Waals surface area (Å²) in [7, 11) is -9.93. The van der Waals surface area contributed by atoms with Crippen molar-refractivity contribution in [2.45, 2.75) is 484 Å². The monoisotopic (exact) mass is 1550 g/mol. The van der Waals surface area contributed by atoms with Gasteiger partial charge in [0.2, 0.25) is 0 Å². The number of carbonyl (C=O) groups is 4. The summed E-state index contributed by atoms with van der Waals surface area (Å²) in [6, 6.07) is 0. The molecule has 0 fully saturated rings. The SMILES string of the molecule is CCCCCCCCCCCCCCCCCCC(=O)O[C@H](COC(=O)CCCCCCCCCCCCCC)COP(=O)(O)OC[C@H](O)COP(=O)(O)OC[C@@H](COC(=O)CCCCCCCCCCCCCCCCC(C)C)OC(=O)CCCCCCCCCCCCCCCCCCCCC(C)C. The molecule has 0 radical (unpaired) electrons. The first-order valence-corrected chi connectivity index (χ1v) is 48.0. The third kappa shape index (κ3) is 80.1. The molecule has 3 N–H and O–H groups in total. The van der Waals surface area contributed by atoms with Gasteiger partial charge in [0.05, 0.1) is 26.4 Å². The number of hydrogen-bond acceptors (Lipinski definition) is 15. The number of esters is 4. The van der Waals surface area contributed by atoms with Crippen LogP contribution in [-0.2, 0) is 65.4 Å². The minimum Gasteiger partial charge on any atom is -0.462 e. The molecule has 630 valence electrons. The van der Waals surface area contributed by atoms with E-state index in [4.69, 9.17) is 37.0 Å². The second-order valence-corrected chi connectivity index (χ2v) is 35.1. The van der Waals surface area contributed by atoms with Crippen LogP contribution in [0, 0.1) is 11.8 Å². The van der Waals surface area contributed by atoms with E-state index in [0.717, 1.165) is 102 Å². The van der Waals surface area contributed by atoms with E-state index < -0.39 is 97.5 Å². The van der Waals surface area contributed by atoms with E-state index >= 15 is 0 Å². The Morgan fingerprint density at radius 2 is 0.434 bits per heavy atom. The van der Waals surface area contributed by atoms with Gasteiger partial charge >= 0.3 is 39.5 Å². The second-order valence-electron chi connectivity index (χ2n) is 32.2. The number of rotatable bonds is 86. The van der Waals surface area contributed by atoms with Crippen LogP contribution in [0.4, 0.5) is 0 Å². The fourth-order valence-electron chi connectivity index (χ4n) is 13.6. The van der Waals surface area contributed by atoms with Crippen LogP contribution < -0.4 is 0 Å². The first-order chi connectivity index (χ1) is 51.4. The summed E-state index contributed by atoms with van der Waals surface area (Å²) >= 11 is 0. The Labute approximate surface area is 651 Å². The van der Waals surface area contributed by atoms with Crippen LogP contribution >= 0.6 is 15.6 Å². The number of ether oxygens (including phenoxy) is 4. The fourth-order valence-corrected chi connectivity index (χ4v) is 15.2. The van der Waals surface area contributed by atoms with Crippen molar-refractivity contribution in [1.82, 2.24) is 0 Å². The second kappa shape index (κ2) is 78.3. The molecule has 0 heterocycles. The van der Waals surface area contributed by atoms with Crippen LogP contribution in [0.5, 0.6) is 0 Å². The topological polar surface area (TPSA) is 237 Å². The lowest BCUT2D eigenvalue weighted by molar-refractivity contribution is -0.161. The quantitative estimate of drug-likeness (QED) is 0.0222. The van der Waals surface area contributed by atoms with E-state index in [-0.39, 0.29) is 25.7 Å². The molecule has 5 atom stereocenters. The van der Waals surface area contributed by atoms with Crippen LogP contribution in [0.3, 0.4) is 0 Å². The van der Waals surface area contributed by atoms with Crippen molar-refractivity contribution in [2.24, 2.45) is 11.8 Å². The van der Waals surface area contributed by atoms with Gasteiger partial charge in [0, 0.05) is 25.7 Å². The Kier molecular flexibility index (Phi) is 76.9. The van der Waals surface area contributed by atoms with Crippen molar-refractivity contribution in [3.05, 3.63) is 0 Å². The smallest absolute Gasteiger partial charge is 0.462 e. The number of hydrogen-bond donors (Lipinski definition) is 3. The molecule has 19 heteroatoms. The Hall–Kier alpha value is -1.94. The molecular weight excluding hydrogens is 1380 g/mol. The molecule has 0 aliphatic rings. The molecule has 2 unspecified atom stereocenters. The number of phosphoric acid groups is 2. The third-order valence-corrected chi connectivity index (χ3v) is 22.4. The van der Waals surface area contributed by atoms with Crippen molar-refractivity contribution in [2.75, 3.05) is 39.6 Å². The standard InChI is InChI=1S/C87H170O17P2/c1-7-9-11-13-15-17-19-21-22-28-35-41-47-53-59-65-71-86(91)103-82(75-97-84(89)69-63-57-51-45-39-20-18-16-14-12-10-8-2)77-101-105(93,94)99-73-81(88)74-100-106(95,96)102-78-83(76-98-85(90)70-64-58-52-46-40-34-31-30-33-38-44-50-56-62-68-80(5)6)104-87(92)72-66-60-54-48-42-36-29-26-24-23-25-27-32-37-43-49-55-61-67-79(3)4/h79-83,88H,7-78H2,1-6H3,(H,93,94)(H,95,96)/t81-,82+,83+/m0/s1. The summed E-state index contributed by atoms with van der Waals surface area (Å²) < 4.78 is 69.0. The Balaban J connectivity index is 5.25. The van der Waals surface area contributed by atoms with Crippen molar-refractivity contribution in [3.63, 3.8) is 0 Å². The minimum absolute atomic E-state index is 0.109. The Morgan fingerprint density at radius 3 is 0.642 bits per heavy atom. The molecule has 0 aromatic heterocycles. The summed E-state index contributed by atoms with van der Waals surface area (Å²) in [6.45, 7) is 9.74. The zero-order valence-corrected chi connectivity index (χ0v) is 71.5. The van der Waals surface area contributed by atoms with E-state index in [0.29, 0.717) is 25.7 Å². The normalized spacial score (nSPS) is 13.8. The zero-order valence-electron chi connectivity index (χ0n) is 69.7. The van der Waals surface area contributed by atoms with E-state index in [1.807, 2.05) is 0 Å². The van der Waals surface area contributed by atoms with E-state index in [1.165, 1.54) is 283 Å². The van der Waals surface area contributed by atoms with E-state index in [2.05, 4.69) is 41.5 Å². The lowest BCUT2D eigenvalue weighted by Crippen LogP contribution is -2.30. The summed E-state index contributed by atoms with van der Waals surface area (Å²) in [5.74, 6) is -0.478. The van der Waals surface area contributed by atoms with Crippen molar-refractivity contribution in [3.8, 4) is 0 Å². The number of phosphoric ester groups is 2. The third-order valence-electron chi connectivity index (χ3n) is 20.5. The van der Waals surface area contributed by atoms with Crippen LogP contribution in [0.15, 0.2) is 0 Å². The predicted molar refractivity (Wildman–Crippen MR) is 437 cm³/mol. The molecule has 0 aromatic carbocycles. The molecule has 106 heavy (non-hydrogen) atoms. The molecule has 0 saturated carbocycles. The first-order valence-electron chi connectivity index (χ1n) is 45.0. The highest BCUT2D eigenvalue weighted by Gasteiger charge is 2.30. The molecule has 0 saturated heterocycles. The molecule has 0 spiro atoms.